The van der Waals surface area contributed by atoms with E-state index in [4.69, 9.17) is 27.9 Å². The van der Waals surface area contributed by atoms with Crippen molar-refractivity contribution in [2.45, 2.75) is 32.0 Å². The normalized spacial score (nSPS) is 28.5. The van der Waals surface area contributed by atoms with Gasteiger partial charge >= 0.3 is 0 Å². The van der Waals surface area contributed by atoms with Crippen molar-refractivity contribution in [3.63, 3.8) is 0 Å². The Kier molecular flexibility index (Phi) is 3.34. The molecule has 0 bridgehead atoms. The lowest BCUT2D eigenvalue weighted by Crippen LogP contribution is -2.48. The first kappa shape index (κ1) is 12.5. The van der Waals surface area contributed by atoms with Crippen molar-refractivity contribution in [3.8, 4) is 0 Å². The second-order valence-corrected chi connectivity index (χ2v) is 5.84. The number of nitrogens with zero attached hydrogens (tertiary/aromatic N) is 3. The Labute approximate surface area is 116 Å². The molecule has 1 saturated heterocycles. The lowest BCUT2D eigenvalue weighted by atomic mass is 10.1. The highest BCUT2D eigenvalue weighted by Gasteiger charge is 2.38. The van der Waals surface area contributed by atoms with Gasteiger partial charge in [-0.05, 0) is 25.7 Å². The van der Waals surface area contributed by atoms with Crippen molar-refractivity contribution in [2.24, 2.45) is 5.92 Å². The van der Waals surface area contributed by atoms with E-state index in [1.165, 1.54) is 19.0 Å². The minimum atomic E-state index is 0.182. The minimum Gasteiger partial charge on any atom is -0.371 e. The summed E-state index contributed by atoms with van der Waals surface area (Å²) in [4.78, 5) is 2.14. The Hall–Kier alpha value is -0.580. The van der Waals surface area contributed by atoms with Gasteiger partial charge in [-0.15, -0.1) is 5.10 Å². The summed E-state index contributed by atoms with van der Waals surface area (Å²) in [6.45, 7) is 3.68. The summed E-state index contributed by atoms with van der Waals surface area (Å²) >= 11 is 12.2. The van der Waals surface area contributed by atoms with E-state index in [1.54, 1.807) is 0 Å². The van der Waals surface area contributed by atoms with E-state index in [9.17, 15) is 0 Å². The van der Waals surface area contributed by atoms with Gasteiger partial charge in [0.15, 0.2) is 5.82 Å². The van der Waals surface area contributed by atoms with Crippen molar-refractivity contribution in [2.75, 3.05) is 18.0 Å². The van der Waals surface area contributed by atoms with Gasteiger partial charge in [-0.2, -0.15) is 5.10 Å². The maximum atomic E-state index is 6.20. The van der Waals surface area contributed by atoms with E-state index in [0.29, 0.717) is 21.8 Å². The number of morpholine rings is 1. The molecule has 0 amide bonds. The van der Waals surface area contributed by atoms with Gasteiger partial charge in [-0.25, -0.2) is 0 Å². The van der Waals surface area contributed by atoms with Crippen LogP contribution in [0.4, 0.5) is 5.82 Å². The van der Waals surface area contributed by atoms with E-state index < -0.39 is 0 Å². The van der Waals surface area contributed by atoms with E-state index in [2.05, 4.69) is 22.0 Å². The molecular formula is C12H15Cl2N3O. The van der Waals surface area contributed by atoms with Gasteiger partial charge in [0.25, 0.3) is 0 Å². The molecule has 0 aromatic carbocycles. The molecule has 1 aromatic rings. The number of anilines is 1. The van der Waals surface area contributed by atoms with Gasteiger partial charge in [-0.1, -0.05) is 23.2 Å². The summed E-state index contributed by atoms with van der Waals surface area (Å²) in [5.41, 5.74) is 0. The van der Waals surface area contributed by atoms with Gasteiger partial charge in [0, 0.05) is 13.1 Å². The van der Waals surface area contributed by atoms with Crippen LogP contribution in [0.1, 0.15) is 19.8 Å². The van der Waals surface area contributed by atoms with E-state index >= 15 is 0 Å². The average molecular weight is 288 g/mol. The molecule has 2 atom stereocenters. The topological polar surface area (TPSA) is 38.2 Å². The van der Waals surface area contributed by atoms with E-state index in [1.807, 2.05) is 0 Å². The Morgan fingerprint density at radius 2 is 2.11 bits per heavy atom. The lowest BCUT2D eigenvalue weighted by Gasteiger charge is -2.37. The first-order chi connectivity index (χ1) is 8.65. The van der Waals surface area contributed by atoms with Crippen LogP contribution in [0.25, 0.3) is 0 Å². The Bertz CT molecular complexity index is 453. The molecule has 2 aliphatic rings. The van der Waals surface area contributed by atoms with E-state index in [0.717, 1.165) is 13.1 Å². The molecule has 1 saturated carbocycles. The second-order valence-electron chi connectivity index (χ2n) is 5.06. The number of rotatable bonds is 2. The number of hydrogen-bond acceptors (Lipinski definition) is 4. The number of ether oxygens (including phenoxy) is 1. The molecule has 0 spiro atoms. The van der Waals surface area contributed by atoms with Crippen molar-refractivity contribution < 1.29 is 4.74 Å². The number of hydrogen-bond donors (Lipinski definition) is 0. The third kappa shape index (κ3) is 2.42. The Morgan fingerprint density at radius 3 is 2.83 bits per heavy atom. The molecule has 1 aliphatic carbocycles. The molecule has 2 heterocycles. The molecule has 18 heavy (non-hydrogen) atoms. The summed E-state index contributed by atoms with van der Waals surface area (Å²) in [5.74, 6) is 1.37. The highest BCUT2D eigenvalue weighted by atomic mass is 35.5. The Morgan fingerprint density at radius 1 is 1.33 bits per heavy atom. The molecular weight excluding hydrogens is 273 g/mol. The third-order valence-electron chi connectivity index (χ3n) is 3.46. The summed E-state index contributed by atoms with van der Waals surface area (Å²) < 4.78 is 5.97. The van der Waals surface area contributed by atoms with Crippen LogP contribution < -0.4 is 4.90 Å². The summed E-state index contributed by atoms with van der Waals surface area (Å²) in [5, 5.41) is 8.93. The molecule has 3 rings (SSSR count). The molecule has 1 aromatic heterocycles. The van der Waals surface area contributed by atoms with Crippen LogP contribution in [-0.4, -0.2) is 35.5 Å². The SMILES string of the molecule is C[C@H]1CN(c2nncc(Cl)c2Cl)C[C@H](C2CC2)O1. The predicted octanol–water partition coefficient (Wildman–Crippen LogP) is 2.79. The van der Waals surface area contributed by atoms with Crippen LogP contribution in [0.5, 0.6) is 0 Å². The molecule has 98 valence electrons. The maximum Gasteiger partial charge on any atom is 0.171 e. The van der Waals surface area contributed by atoms with Crippen LogP contribution in [0.15, 0.2) is 6.20 Å². The monoisotopic (exact) mass is 287 g/mol. The number of halogens is 2. The fraction of sp³-hybridized carbons (Fsp3) is 0.667. The predicted molar refractivity (Wildman–Crippen MR) is 71.3 cm³/mol. The fourth-order valence-electron chi connectivity index (χ4n) is 2.43. The highest BCUT2D eigenvalue weighted by Crippen LogP contribution is 2.38. The standard InChI is InChI=1S/C12H15Cl2N3O/c1-7-5-17(6-10(18-7)8-2-3-8)12-11(14)9(13)4-15-16-12/h4,7-8,10H,2-3,5-6H2,1H3/t7-,10+/m0/s1. The molecule has 0 unspecified atom stereocenters. The maximum absolute atomic E-state index is 6.20. The molecule has 6 heteroatoms. The molecule has 1 aliphatic heterocycles. The zero-order valence-corrected chi connectivity index (χ0v) is 11.7. The quantitative estimate of drug-likeness (QED) is 0.838. The van der Waals surface area contributed by atoms with Crippen molar-refractivity contribution in [3.05, 3.63) is 16.2 Å². The van der Waals surface area contributed by atoms with Gasteiger partial charge in [0.2, 0.25) is 0 Å². The third-order valence-corrected chi connectivity index (χ3v) is 4.22. The van der Waals surface area contributed by atoms with Crippen LogP contribution >= 0.6 is 23.2 Å². The summed E-state index contributed by atoms with van der Waals surface area (Å²) in [6.07, 6.45) is 4.46. The van der Waals surface area contributed by atoms with Crippen LogP contribution in [-0.2, 0) is 4.74 Å². The fourth-order valence-corrected chi connectivity index (χ4v) is 2.77. The zero-order chi connectivity index (χ0) is 12.7. The van der Waals surface area contributed by atoms with Gasteiger partial charge in [-0.3, -0.25) is 0 Å². The van der Waals surface area contributed by atoms with Crippen LogP contribution in [0, 0.1) is 5.92 Å². The van der Waals surface area contributed by atoms with Gasteiger partial charge in [0.1, 0.15) is 5.02 Å². The van der Waals surface area contributed by atoms with Crippen molar-refractivity contribution >= 4 is 29.0 Å². The average Bonchev–Trinajstić information content (AvgIpc) is 3.16. The van der Waals surface area contributed by atoms with E-state index in [-0.39, 0.29) is 12.2 Å². The molecule has 2 fully saturated rings. The van der Waals surface area contributed by atoms with Crippen LogP contribution in [0.3, 0.4) is 0 Å². The second kappa shape index (κ2) is 4.83. The minimum absolute atomic E-state index is 0.182. The molecule has 0 radical (unpaired) electrons. The smallest absolute Gasteiger partial charge is 0.171 e. The van der Waals surface area contributed by atoms with Gasteiger partial charge in [0.05, 0.1) is 23.4 Å². The lowest BCUT2D eigenvalue weighted by molar-refractivity contribution is -0.0274. The first-order valence-electron chi connectivity index (χ1n) is 6.22. The summed E-state index contributed by atoms with van der Waals surface area (Å²) in [6, 6.07) is 0. The van der Waals surface area contributed by atoms with Crippen molar-refractivity contribution in [1.82, 2.24) is 10.2 Å². The first-order valence-corrected chi connectivity index (χ1v) is 6.98. The van der Waals surface area contributed by atoms with Gasteiger partial charge < -0.3 is 9.64 Å². The highest BCUT2D eigenvalue weighted by molar-refractivity contribution is 6.43. The largest absolute Gasteiger partial charge is 0.371 e. The van der Waals surface area contributed by atoms with Crippen molar-refractivity contribution in [1.29, 1.82) is 0 Å². The number of aromatic nitrogens is 2. The molecule has 4 nitrogen and oxygen atoms in total. The molecule has 0 N–H and O–H groups in total. The zero-order valence-electron chi connectivity index (χ0n) is 10.1. The Balaban J connectivity index is 1.83. The summed E-state index contributed by atoms with van der Waals surface area (Å²) in [7, 11) is 0. The van der Waals surface area contributed by atoms with Crippen LogP contribution in [0.2, 0.25) is 10.0 Å².